The molecule has 1 heterocycles. The van der Waals surface area contributed by atoms with Crippen LogP contribution in [0.2, 0.25) is 0 Å². The zero-order valence-electron chi connectivity index (χ0n) is 13.0. The van der Waals surface area contributed by atoms with Gasteiger partial charge < -0.3 is 9.30 Å². The Labute approximate surface area is 133 Å². The van der Waals surface area contributed by atoms with Crippen molar-refractivity contribution in [1.29, 1.82) is 0 Å². The third-order valence-electron chi connectivity index (χ3n) is 3.99. The molecule has 0 aliphatic heterocycles. The van der Waals surface area contributed by atoms with Crippen molar-refractivity contribution in [3.8, 4) is 5.75 Å². The number of benzene rings is 2. The third-order valence-corrected chi connectivity index (χ3v) is 3.99. The van der Waals surface area contributed by atoms with Gasteiger partial charge in [0.1, 0.15) is 5.75 Å². The van der Waals surface area contributed by atoms with Crippen LogP contribution in [0.4, 0.5) is 0 Å². The quantitative estimate of drug-likeness (QED) is 0.694. The van der Waals surface area contributed by atoms with Crippen molar-refractivity contribution < 1.29 is 9.53 Å². The molecule has 0 spiro atoms. The molecule has 3 rings (SSSR count). The number of methoxy groups -OCH3 is 1. The van der Waals surface area contributed by atoms with Crippen molar-refractivity contribution in [2.24, 2.45) is 0 Å². The summed E-state index contributed by atoms with van der Waals surface area (Å²) < 4.78 is 6.65. The van der Waals surface area contributed by atoms with Gasteiger partial charge in [0, 0.05) is 17.1 Å². The van der Waals surface area contributed by atoms with E-state index in [1.165, 1.54) is 4.57 Å². The molecule has 4 heteroatoms. The van der Waals surface area contributed by atoms with Crippen LogP contribution in [-0.4, -0.2) is 17.5 Å². The van der Waals surface area contributed by atoms with E-state index in [1.807, 2.05) is 30.3 Å². The molecule has 23 heavy (non-hydrogen) atoms. The number of hydrogen-bond acceptors (Lipinski definition) is 3. The van der Waals surface area contributed by atoms with Gasteiger partial charge in [-0.3, -0.25) is 9.59 Å². The lowest BCUT2D eigenvalue weighted by Crippen LogP contribution is -2.27. The molecule has 1 aromatic heterocycles. The second-order valence-electron chi connectivity index (χ2n) is 5.39. The molecule has 0 saturated heterocycles. The number of rotatable bonds is 4. The standard InChI is InChI=1S/C19H17NO3/c1-13(18(21)14-6-4-3-5-7-14)20-11-10-15-12-16(23-2)8-9-17(15)19(20)22/h3-13H,1-2H3. The molecule has 1 unspecified atom stereocenters. The van der Waals surface area contributed by atoms with Crippen LogP contribution in [0.3, 0.4) is 0 Å². The molecular weight excluding hydrogens is 290 g/mol. The van der Waals surface area contributed by atoms with E-state index in [0.717, 1.165) is 5.39 Å². The lowest BCUT2D eigenvalue weighted by Gasteiger charge is -2.15. The minimum Gasteiger partial charge on any atom is -0.497 e. The predicted octanol–water partition coefficient (Wildman–Crippen LogP) is 3.45. The highest BCUT2D eigenvalue weighted by molar-refractivity contribution is 5.99. The largest absolute Gasteiger partial charge is 0.497 e. The summed E-state index contributed by atoms with van der Waals surface area (Å²) in [5.74, 6) is 0.614. The number of ether oxygens (including phenoxy) is 1. The summed E-state index contributed by atoms with van der Waals surface area (Å²) in [5, 5.41) is 1.37. The molecule has 3 aromatic rings. The first-order valence-electron chi connectivity index (χ1n) is 7.40. The molecule has 0 aliphatic carbocycles. The molecule has 0 N–H and O–H groups in total. The molecule has 116 valence electrons. The lowest BCUT2D eigenvalue weighted by atomic mass is 10.0. The summed E-state index contributed by atoms with van der Waals surface area (Å²) in [5.41, 5.74) is 0.420. The summed E-state index contributed by atoms with van der Waals surface area (Å²) in [6.45, 7) is 1.74. The molecule has 0 bridgehead atoms. The summed E-state index contributed by atoms with van der Waals surface area (Å²) in [6, 6.07) is 15.6. The number of Topliss-reactive ketones (excluding diaryl/α,β-unsaturated/α-hetero) is 1. The van der Waals surface area contributed by atoms with Gasteiger partial charge in [-0.15, -0.1) is 0 Å². The third kappa shape index (κ3) is 2.75. The summed E-state index contributed by atoms with van der Waals surface area (Å²) in [4.78, 5) is 25.2. The number of carbonyl (C=O) groups is 1. The first kappa shape index (κ1) is 15.0. The molecular formula is C19H17NO3. The van der Waals surface area contributed by atoms with Gasteiger partial charge in [-0.2, -0.15) is 0 Å². The smallest absolute Gasteiger partial charge is 0.259 e. The first-order chi connectivity index (χ1) is 11.1. The van der Waals surface area contributed by atoms with E-state index in [1.54, 1.807) is 44.5 Å². The van der Waals surface area contributed by atoms with Gasteiger partial charge >= 0.3 is 0 Å². The Morgan fingerprint density at radius 3 is 2.52 bits per heavy atom. The average molecular weight is 307 g/mol. The number of fused-ring (bicyclic) bond motifs is 1. The first-order valence-corrected chi connectivity index (χ1v) is 7.40. The average Bonchev–Trinajstić information content (AvgIpc) is 2.61. The number of carbonyl (C=O) groups excluding carboxylic acids is 1. The fourth-order valence-electron chi connectivity index (χ4n) is 2.64. The second-order valence-corrected chi connectivity index (χ2v) is 5.39. The Hall–Kier alpha value is -2.88. The number of ketones is 1. The monoisotopic (exact) mass is 307 g/mol. The highest BCUT2D eigenvalue weighted by atomic mass is 16.5. The van der Waals surface area contributed by atoms with E-state index in [4.69, 9.17) is 4.74 Å². The number of aromatic nitrogens is 1. The number of pyridine rings is 1. The van der Waals surface area contributed by atoms with Gasteiger partial charge in [0.25, 0.3) is 5.56 Å². The topological polar surface area (TPSA) is 48.3 Å². The lowest BCUT2D eigenvalue weighted by molar-refractivity contribution is 0.0933. The summed E-state index contributed by atoms with van der Waals surface area (Å²) in [7, 11) is 1.59. The normalized spacial score (nSPS) is 12.1. The Bertz CT molecular complexity index is 913. The Morgan fingerprint density at radius 2 is 1.83 bits per heavy atom. The zero-order chi connectivity index (χ0) is 16.4. The maximum Gasteiger partial charge on any atom is 0.259 e. The molecule has 1 atom stereocenters. The molecule has 2 aromatic carbocycles. The minimum absolute atomic E-state index is 0.0828. The Kier molecular flexibility index (Phi) is 3.98. The van der Waals surface area contributed by atoms with Gasteiger partial charge in [-0.05, 0) is 36.6 Å². The molecule has 4 nitrogen and oxygen atoms in total. The van der Waals surface area contributed by atoms with Crippen LogP contribution in [0.1, 0.15) is 23.3 Å². The summed E-state index contributed by atoms with van der Waals surface area (Å²) in [6.07, 6.45) is 1.66. The maximum absolute atomic E-state index is 12.7. The van der Waals surface area contributed by atoms with Gasteiger partial charge in [0.05, 0.1) is 13.2 Å². The van der Waals surface area contributed by atoms with Crippen LogP contribution < -0.4 is 10.3 Å². The van der Waals surface area contributed by atoms with Crippen LogP contribution in [0.25, 0.3) is 10.8 Å². The summed E-state index contributed by atoms with van der Waals surface area (Å²) >= 11 is 0. The fourth-order valence-corrected chi connectivity index (χ4v) is 2.64. The second kappa shape index (κ2) is 6.08. The molecule has 0 fully saturated rings. The van der Waals surface area contributed by atoms with Crippen LogP contribution in [0, 0.1) is 0 Å². The van der Waals surface area contributed by atoms with E-state index < -0.39 is 6.04 Å². The van der Waals surface area contributed by atoms with Crippen molar-refractivity contribution >= 4 is 16.6 Å². The van der Waals surface area contributed by atoms with Crippen molar-refractivity contribution in [2.75, 3.05) is 7.11 Å². The Balaban J connectivity index is 2.04. The van der Waals surface area contributed by atoms with Crippen LogP contribution in [0.5, 0.6) is 5.75 Å². The molecule has 0 aliphatic rings. The van der Waals surface area contributed by atoms with E-state index in [0.29, 0.717) is 16.7 Å². The maximum atomic E-state index is 12.7. The molecule has 0 amide bonds. The van der Waals surface area contributed by atoms with Gasteiger partial charge in [-0.25, -0.2) is 0 Å². The van der Waals surface area contributed by atoms with Crippen LogP contribution in [-0.2, 0) is 0 Å². The minimum atomic E-state index is -0.559. The Morgan fingerprint density at radius 1 is 1.09 bits per heavy atom. The van der Waals surface area contributed by atoms with Crippen molar-refractivity contribution in [1.82, 2.24) is 4.57 Å². The van der Waals surface area contributed by atoms with Crippen molar-refractivity contribution in [3.63, 3.8) is 0 Å². The van der Waals surface area contributed by atoms with Crippen molar-refractivity contribution in [2.45, 2.75) is 13.0 Å². The molecule has 0 radical (unpaired) electrons. The SMILES string of the molecule is COc1ccc2c(=O)n(C(C)C(=O)c3ccccc3)ccc2c1. The zero-order valence-corrected chi connectivity index (χ0v) is 13.0. The van der Waals surface area contributed by atoms with Gasteiger partial charge in [0.2, 0.25) is 0 Å². The highest BCUT2D eigenvalue weighted by Crippen LogP contribution is 2.19. The van der Waals surface area contributed by atoms with Gasteiger partial charge in [0.15, 0.2) is 5.78 Å². The number of hydrogen-bond donors (Lipinski definition) is 0. The van der Waals surface area contributed by atoms with E-state index in [-0.39, 0.29) is 11.3 Å². The predicted molar refractivity (Wildman–Crippen MR) is 90.2 cm³/mol. The van der Waals surface area contributed by atoms with Crippen LogP contribution >= 0.6 is 0 Å². The van der Waals surface area contributed by atoms with E-state index in [2.05, 4.69) is 0 Å². The fraction of sp³-hybridized carbons (Fsp3) is 0.158. The van der Waals surface area contributed by atoms with Gasteiger partial charge in [-0.1, -0.05) is 30.3 Å². The van der Waals surface area contributed by atoms with E-state index in [9.17, 15) is 9.59 Å². The molecule has 0 saturated carbocycles. The number of nitrogens with zero attached hydrogens (tertiary/aromatic N) is 1. The van der Waals surface area contributed by atoms with Crippen LogP contribution in [0.15, 0.2) is 65.6 Å². The van der Waals surface area contributed by atoms with Crippen molar-refractivity contribution in [3.05, 3.63) is 76.7 Å². The highest BCUT2D eigenvalue weighted by Gasteiger charge is 2.18. The van der Waals surface area contributed by atoms with E-state index >= 15 is 0 Å².